The molecule has 0 aliphatic rings. The van der Waals surface area contributed by atoms with Crippen LogP contribution < -0.4 is 4.74 Å². The predicted octanol–water partition coefficient (Wildman–Crippen LogP) is 4.71. The van der Waals surface area contributed by atoms with E-state index in [0.717, 1.165) is 12.2 Å². The monoisotopic (exact) mass is 419 g/mol. The van der Waals surface area contributed by atoms with Gasteiger partial charge in [-0.3, -0.25) is 0 Å². The summed E-state index contributed by atoms with van der Waals surface area (Å²) in [6, 6.07) is 7.89. The van der Waals surface area contributed by atoms with Crippen molar-refractivity contribution in [3.05, 3.63) is 27.8 Å². The normalized spacial score (nSPS) is 12.6. The van der Waals surface area contributed by atoms with Gasteiger partial charge < -0.3 is 14.4 Å². The molecule has 124 valence electrons. The highest BCUT2D eigenvalue weighted by Crippen LogP contribution is 2.17. The highest BCUT2D eigenvalue weighted by molar-refractivity contribution is 14.1. The molecule has 0 saturated heterocycles. The quantitative estimate of drug-likeness (QED) is 0.628. The minimum atomic E-state index is -0.486. The van der Waals surface area contributed by atoms with Crippen LogP contribution in [0.25, 0.3) is 0 Å². The standard InChI is InChI=1S/C17H26INO3/c1-6-14(12-21-15-10-8-13(18)9-11-15)19(7-2)16(20)22-17(3,4)5/h8-11,14H,6-7,12H2,1-5H3. The second kappa shape index (κ2) is 8.60. The summed E-state index contributed by atoms with van der Waals surface area (Å²) >= 11 is 2.26. The molecular formula is C17H26INO3. The number of rotatable bonds is 6. The molecule has 0 spiro atoms. The molecule has 0 aliphatic carbocycles. The van der Waals surface area contributed by atoms with E-state index in [2.05, 4.69) is 29.5 Å². The molecule has 22 heavy (non-hydrogen) atoms. The summed E-state index contributed by atoms with van der Waals surface area (Å²) in [5, 5.41) is 0. The van der Waals surface area contributed by atoms with Crippen LogP contribution in [-0.4, -0.2) is 35.8 Å². The van der Waals surface area contributed by atoms with Gasteiger partial charge in [0.05, 0.1) is 6.04 Å². The van der Waals surface area contributed by atoms with Crippen molar-refractivity contribution in [2.45, 2.75) is 52.7 Å². The van der Waals surface area contributed by atoms with E-state index in [-0.39, 0.29) is 12.1 Å². The van der Waals surface area contributed by atoms with Crippen LogP contribution in [0.15, 0.2) is 24.3 Å². The SMILES string of the molecule is CCC(COc1ccc(I)cc1)N(CC)C(=O)OC(C)(C)C. The van der Waals surface area contributed by atoms with Crippen molar-refractivity contribution in [2.75, 3.05) is 13.2 Å². The van der Waals surface area contributed by atoms with Gasteiger partial charge in [-0.15, -0.1) is 0 Å². The summed E-state index contributed by atoms with van der Waals surface area (Å²) in [6.07, 6.45) is 0.533. The average molecular weight is 419 g/mol. The smallest absolute Gasteiger partial charge is 0.410 e. The van der Waals surface area contributed by atoms with Crippen LogP contribution in [0.1, 0.15) is 41.0 Å². The van der Waals surface area contributed by atoms with Crippen molar-refractivity contribution in [1.29, 1.82) is 0 Å². The van der Waals surface area contributed by atoms with Gasteiger partial charge in [0, 0.05) is 10.1 Å². The fraction of sp³-hybridized carbons (Fsp3) is 0.588. The molecule has 1 aromatic rings. The Morgan fingerprint density at radius 3 is 2.27 bits per heavy atom. The van der Waals surface area contributed by atoms with E-state index in [1.807, 2.05) is 52.0 Å². The molecule has 0 aliphatic heterocycles. The Bertz CT molecular complexity index is 468. The van der Waals surface area contributed by atoms with E-state index < -0.39 is 5.60 Å². The van der Waals surface area contributed by atoms with E-state index in [1.165, 1.54) is 3.57 Å². The van der Waals surface area contributed by atoms with Crippen molar-refractivity contribution in [3.63, 3.8) is 0 Å². The third-order valence-corrected chi connectivity index (χ3v) is 3.86. The Kier molecular flexibility index (Phi) is 7.45. The summed E-state index contributed by atoms with van der Waals surface area (Å²) in [7, 11) is 0. The summed E-state index contributed by atoms with van der Waals surface area (Å²) in [6.45, 7) is 10.7. The molecule has 5 heteroatoms. The van der Waals surface area contributed by atoms with Crippen LogP contribution in [0.5, 0.6) is 5.75 Å². The van der Waals surface area contributed by atoms with Crippen molar-refractivity contribution >= 4 is 28.7 Å². The molecular weight excluding hydrogens is 393 g/mol. The van der Waals surface area contributed by atoms with Crippen LogP contribution >= 0.6 is 22.6 Å². The number of ether oxygens (including phenoxy) is 2. The lowest BCUT2D eigenvalue weighted by molar-refractivity contribution is 0.0117. The topological polar surface area (TPSA) is 38.8 Å². The molecule has 1 rings (SSSR count). The van der Waals surface area contributed by atoms with Gasteiger partial charge in [0.2, 0.25) is 0 Å². The molecule has 0 radical (unpaired) electrons. The number of likely N-dealkylation sites (N-methyl/N-ethyl adjacent to an activating group) is 1. The molecule has 0 N–H and O–H groups in total. The van der Waals surface area contributed by atoms with Gasteiger partial charge in [-0.1, -0.05) is 6.92 Å². The predicted molar refractivity (Wildman–Crippen MR) is 97.3 cm³/mol. The summed E-state index contributed by atoms with van der Waals surface area (Å²) in [4.78, 5) is 14.0. The zero-order valence-corrected chi connectivity index (χ0v) is 16.2. The second-order valence-electron chi connectivity index (χ2n) is 6.09. The first-order chi connectivity index (χ1) is 10.3. The number of carbonyl (C=O) groups is 1. The molecule has 4 nitrogen and oxygen atoms in total. The van der Waals surface area contributed by atoms with E-state index >= 15 is 0 Å². The summed E-state index contributed by atoms with van der Waals surface area (Å²) in [5.74, 6) is 0.819. The van der Waals surface area contributed by atoms with Gasteiger partial charge in [-0.25, -0.2) is 4.79 Å². The number of carbonyl (C=O) groups excluding carboxylic acids is 1. The summed E-state index contributed by atoms with van der Waals surface area (Å²) < 4.78 is 12.5. The van der Waals surface area contributed by atoms with Gasteiger partial charge in [0.15, 0.2) is 0 Å². The zero-order chi connectivity index (χ0) is 16.8. The zero-order valence-electron chi connectivity index (χ0n) is 14.1. The molecule has 1 unspecified atom stereocenters. The third kappa shape index (κ3) is 6.42. The Balaban J connectivity index is 2.67. The maximum Gasteiger partial charge on any atom is 0.410 e. The van der Waals surface area contributed by atoms with Gasteiger partial charge in [0.25, 0.3) is 0 Å². The van der Waals surface area contributed by atoms with Crippen molar-refractivity contribution in [3.8, 4) is 5.75 Å². The van der Waals surface area contributed by atoms with Gasteiger partial charge in [-0.2, -0.15) is 0 Å². The fourth-order valence-corrected chi connectivity index (χ4v) is 2.37. The van der Waals surface area contributed by atoms with Gasteiger partial charge in [-0.05, 0) is 81.0 Å². The van der Waals surface area contributed by atoms with Crippen LogP contribution in [-0.2, 0) is 4.74 Å². The number of benzene rings is 1. The Labute approximate surface area is 147 Å². The molecule has 0 saturated carbocycles. The highest BCUT2D eigenvalue weighted by Gasteiger charge is 2.26. The Hall–Kier alpha value is -0.980. The van der Waals surface area contributed by atoms with E-state index in [0.29, 0.717) is 13.2 Å². The van der Waals surface area contributed by atoms with Crippen LogP contribution in [0.4, 0.5) is 4.79 Å². The number of hydrogen-bond acceptors (Lipinski definition) is 3. The van der Waals surface area contributed by atoms with Crippen LogP contribution in [0.2, 0.25) is 0 Å². The Morgan fingerprint density at radius 2 is 1.82 bits per heavy atom. The Morgan fingerprint density at radius 1 is 1.23 bits per heavy atom. The van der Waals surface area contributed by atoms with Crippen molar-refractivity contribution in [2.24, 2.45) is 0 Å². The van der Waals surface area contributed by atoms with Crippen LogP contribution in [0.3, 0.4) is 0 Å². The number of hydrogen-bond donors (Lipinski definition) is 0. The minimum absolute atomic E-state index is 0.000807. The maximum atomic E-state index is 12.3. The van der Waals surface area contributed by atoms with Crippen molar-refractivity contribution < 1.29 is 14.3 Å². The first kappa shape index (κ1) is 19.1. The minimum Gasteiger partial charge on any atom is -0.491 e. The largest absolute Gasteiger partial charge is 0.491 e. The number of amides is 1. The van der Waals surface area contributed by atoms with Gasteiger partial charge >= 0.3 is 6.09 Å². The van der Waals surface area contributed by atoms with Gasteiger partial charge in [0.1, 0.15) is 18.0 Å². The second-order valence-corrected chi connectivity index (χ2v) is 7.34. The maximum absolute atomic E-state index is 12.3. The first-order valence-electron chi connectivity index (χ1n) is 7.64. The first-order valence-corrected chi connectivity index (χ1v) is 8.72. The lowest BCUT2D eigenvalue weighted by Crippen LogP contribution is -2.45. The van der Waals surface area contributed by atoms with E-state index in [9.17, 15) is 4.79 Å². The molecule has 1 aromatic carbocycles. The molecule has 0 aromatic heterocycles. The molecule has 0 bridgehead atoms. The molecule has 0 fully saturated rings. The highest BCUT2D eigenvalue weighted by atomic mass is 127. The molecule has 0 heterocycles. The van der Waals surface area contributed by atoms with E-state index in [4.69, 9.17) is 9.47 Å². The number of nitrogens with zero attached hydrogens (tertiary/aromatic N) is 1. The lowest BCUT2D eigenvalue weighted by Gasteiger charge is -2.32. The summed E-state index contributed by atoms with van der Waals surface area (Å²) in [5.41, 5.74) is -0.486. The number of halogens is 1. The average Bonchev–Trinajstić information content (AvgIpc) is 2.43. The van der Waals surface area contributed by atoms with Crippen molar-refractivity contribution in [1.82, 2.24) is 4.90 Å². The van der Waals surface area contributed by atoms with Crippen LogP contribution in [0, 0.1) is 3.57 Å². The third-order valence-electron chi connectivity index (χ3n) is 3.14. The molecule has 1 atom stereocenters. The van der Waals surface area contributed by atoms with E-state index in [1.54, 1.807) is 4.90 Å². The lowest BCUT2D eigenvalue weighted by atomic mass is 10.2. The molecule has 1 amide bonds. The fourth-order valence-electron chi connectivity index (χ4n) is 2.01.